The zero-order valence-corrected chi connectivity index (χ0v) is 15.4. The van der Waals surface area contributed by atoms with Gasteiger partial charge in [-0.1, -0.05) is 18.2 Å². The second-order valence-corrected chi connectivity index (χ2v) is 5.81. The van der Waals surface area contributed by atoms with E-state index < -0.39 is 0 Å². The maximum atomic E-state index is 5.91. The van der Waals surface area contributed by atoms with E-state index in [0.29, 0.717) is 19.8 Å². The molecule has 2 N–H and O–H groups in total. The number of fused-ring (bicyclic) bond motifs is 1. The molecule has 1 heterocycles. The standard InChI is InChI=1S/C19H29N3O3/c1-15-16-8-4-5-9-17(16)25-18(15)14-22-19(20-2)21-10-6-7-11-24-13-12-23-3/h4-5,8-9H,6-7,10-14H2,1-3H3,(H2,20,21,22). The molecule has 0 amide bonds. The number of ether oxygens (including phenoxy) is 2. The van der Waals surface area contributed by atoms with Crippen molar-refractivity contribution in [3.05, 3.63) is 35.6 Å². The molecule has 0 spiro atoms. The van der Waals surface area contributed by atoms with Crippen molar-refractivity contribution in [1.29, 1.82) is 0 Å². The van der Waals surface area contributed by atoms with Crippen LogP contribution in [-0.4, -0.2) is 46.5 Å². The Kier molecular flexibility index (Phi) is 8.28. The number of hydrogen-bond acceptors (Lipinski definition) is 4. The number of aliphatic imine (C=N–C) groups is 1. The van der Waals surface area contributed by atoms with Crippen LogP contribution >= 0.6 is 0 Å². The van der Waals surface area contributed by atoms with Gasteiger partial charge in [-0.05, 0) is 25.8 Å². The third-order valence-corrected chi connectivity index (χ3v) is 4.02. The summed E-state index contributed by atoms with van der Waals surface area (Å²) in [5, 5.41) is 7.78. The molecule has 2 rings (SSSR count). The number of nitrogens with one attached hydrogen (secondary N) is 2. The predicted molar refractivity (Wildman–Crippen MR) is 101 cm³/mol. The SMILES string of the molecule is CN=C(NCCCCOCCOC)NCc1oc2ccccc2c1C. The van der Waals surface area contributed by atoms with Gasteiger partial charge < -0.3 is 24.5 Å². The fourth-order valence-corrected chi connectivity index (χ4v) is 2.56. The summed E-state index contributed by atoms with van der Waals surface area (Å²) in [6.45, 7) is 5.62. The quantitative estimate of drug-likeness (QED) is 0.393. The first-order valence-electron chi connectivity index (χ1n) is 8.74. The molecule has 1 aromatic carbocycles. The number of furan rings is 1. The van der Waals surface area contributed by atoms with Crippen LogP contribution in [0.25, 0.3) is 11.0 Å². The van der Waals surface area contributed by atoms with E-state index in [2.05, 4.69) is 28.6 Å². The van der Waals surface area contributed by atoms with Crippen LogP contribution < -0.4 is 10.6 Å². The molecule has 0 fully saturated rings. The molecule has 0 saturated heterocycles. The Balaban J connectivity index is 1.69. The number of guanidine groups is 1. The van der Waals surface area contributed by atoms with Gasteiger partial charge in [0.2, 0.25) is 0 Å². The van der Waals surface area contributed by atoms with E-state index in [-0.39, 0.29) is 0 Å². The molecule has 0 radical (unpaired) electrons. The lowest BCUT2D eigenvalue weighted by atomic mass is 10.1. The van der Waals surface area contributed by atoms with Crippen molar-refractivity contribution in [2.75, 3.05) is 40.5 Å². The van der Waals surface area contributed by atoms with E-state index in [1.54, 1.807) is 14.2 Å². The lowest BCUT2D eigenvalue weighted by Gasteiger charge is -2.11. The molecule has 1 aromatic heterocycles. The number of benzene rings is 1. The van der Waals surface area contributed by atoms with Crippen molar-refractivity contribution in [3.8, 4) is 0 Å². The fraction of sp³-hybridized carbons (Fsp3) is 0.526. The van der Waals surface area contributed by atoms with E-state index in [1.165, 1.54) is 5.56 Å². The van der Waals surface area contributed by atoms with Gasteiger partial charge in [-0.2, -0.15) is 0 Å². The lowest BCUT2D eigenvalue weighted by molar-refractivity contribution is 0.0689. The highest BCUT2D eigenvalue weighted by Gasteiger charge is 2.10. The smallest absolute Gasteiger partial charge is 0.191 e. The summed E-state index contributed by atoms with van der Waals surface area (Å²) in [7, 11) is 3.45. The topological polar surface area (TPSA) is 68.0 Å². The molecule has 6 heteroatoms. The molecular formula is C19H29N3O3. The minimum absolute atomic E-state index is 0.611. The van der Waals surface area contributed by atoms with Crippen molar-refractivity contribution >= 4 is 16.9 Å². The van der Waals surface area contributed by atoms with E-state index in [9.17, 15) is 0 Å². The number of rotatable bonds is 10. The summed E-state index contributed by atoms with van der Waals surface area (Å²) in [6.07, 6.45) is 2.04. The molecular weight excluding hydrogens is 318 g/mol. The number of hydrogen-bond donors (Lipinski definition) is 2. The highest BCUT2D eigenvalue weighted by molar-refractivity contribution is 5.82. The monoisotopic (exact) mass is 347 g/mol. The van der Waals surface area contributed by atoms with Crippen LogP contribution in [0.1, 0.15) is 24.2 Å². The van der Waals surface area contributed by atoms with E-state index in [0.717, 1.165) is 48.7 Å². The van der Waals surface area contributed by atoms with Crippen molar-refractivity contribution in [3.63, 3.8) is 0 Å². The first kappa shape index (κ1) is 19.3. The van der Waals surface area contributed by atoms with Crippen molar-refractivity contribution < 1.29 is 13.9 Å². The Labute approximate surface area is 149 Å². The van der Waals surface area contributed by atoms with E-state index in [1.807, 2.05) is 18.2 Å². The molecule has 0 bridgehead atoms. The average molecular weight is 347 g/mol. The Hall–Kier alpha value is -2.05. The summed E-state index contributed by atoms with van der Waals surface area (Å²) in [5.74, 6) is 1.72. The van der Waals surface area contributed by atoms with Gasteiger partial charge in [-0.15, -0.1) is 0 Å². The molecule has 0 unspecified atom stereocenters. The van der Waals surface area contributed by atoms with Gasteiger partial charge >= 0.3 is 0 Å². The van der Waals surface area contributed by atoms with Gasteiger partial charge in [0, 0.05) is 38.3 Å². The second-order valence-electron chi connectivity index (χ2n) is 5.81. The molecule has 2 aromatic rings. The van der Waals surface area contributed by atoms with Crippen LogP contribution in [0.4, 0.5) is 0 Å². The van der Waals surface area contributed by atoms with Gasteiger partial charge in [0.1, 0.15) is 11.3 Å². The fourth-order valence-electron chi connectivity index (χ4n) is 2.56. The minimum Gasteiger partial charge on any atom is -0.459 e. The molecule has 138 valence electrons. The van der Waals surface area contributed by atoms with Gasteiger partial charge in [0.25, 0.3) is 0 Å². The summed E-state index contributed by atoms with van der Waals surface area (Å²) >= 11 is 0. The van der Waals surface area contributed by atoms with Crippen LogP contribution in [0, 0.1) is 6.92 Å². The molecule has 0 atom stereocenters. The number of unbranched alkanes of at least 4 members (excludes halogenated alkanes) is 1. The third kappa shape index (κ3) is 6.07. The van der Waals surface area contributed by atoms with Crippen LogP contribution in [0.3, 0.4) is 0 Å². The summed E-state index contributed by atoms with van der Waals surface area (Å²) in [5.41, 5.74) is 2.10. The van der Waals surface area contributed by atoms with Crippen molar-refractivity contribution in [2.45, 2.75) is 26.3 Å². The zero-order chi connectivity index (χ0) is 17.9. The normalized spacial score (nSPS) is 11.9. The van der Waals surface area contributed by atoms with Gasteiger partial charge in [-0.3, -0.25) is 4.99 Å². The number of methoxy groups -OCH3 is 1. The van der Waals surface area contributed by atoms with Crippen LogP contribution in [-0.2, 0) is 16.0 Å². The van der Waals surface area contributed by atoms with Crippen molar-refractivity contribution in [1.82, 2.24) is 10.6 Å². The number of para-hydroxylation sites is 1. The number of nitrogens with zero attached hydrogens (tertiary/aromatic N) is 1. The average Bonchev–Trinajstić information content (AvgIpc) is 2.96. The molecule has 0 aliphatic carbocycles. The summed E-state index contributed by atoms with van der Waals surface area (Å²) in [6, 6.07) is 8.09. The molecule has 25 heavy (non-hydrogen) atoms. The number of aryl methyl sites for hydroxylation is 1. The first-order chi connectivity index (χ1) is 12.3. The zero-order valence-electron chi connectivity index (χ0n) is 15.4. The Morgan fingerprint density at radius 1 is 1.12 bits per heavy atom. The van der Waals surface area contributed by atoms with Crippen LogP contribution in [0.15, 0.2) is 33.7 Å². The van der Waals surface area contributed by atoms with Gasteiger partial charge in [0.05, 0.1) is 19.8 Å². The maximum Gasteiger partial charge on any atom is 0.191 e. The Morgan fingerprint density at radius 2 is 1.96 bits per heavy atom. The summed E-state index contributed by atoms with van der Waals surface area (Å²) in [4.78, 5) is 4.25. The van der Waals surface area contributed by atoms with Crippen LogP contribution in [0.2, 0.25) is 0 Å². The van der Waals surface area contributed by atoms with E-state index >= 15 is 0 Å². The van der Waals surface area contributed by atoms with Crippen molar-refractivity contribution in [2.24, 2.45) is 4.99 Å². The van der Waals surface area contributed by atoms with Gasteiger partial charge in [0.15, 0.2) is 5.96 Å². The maximum absolute atomic E-state index is 5.91. The largest absolute Gasteiger partial charge is 0.459 e. The molecule has 6 nitrogen and oxygen atoms in total. The molecule has 0 aliphatic rings. The lowest BCUT2D eigenvalue weighted by Crippen LogP contribution is -2.37. The third-order valence-electron chi connectivity index (χ3n) is 4.02. The first-order valence-corrected chi connectivity index (χ1v) is 8.74. The molecule has 0 aliphatic heterocycles. The molecule has 0 saturated carbocycles. The Morgan fingerprint density at radius 3 is 2.72 bits per heavy atom. The minimum atomic E-state index is 0.611. The van der Waals surface area contributed by atoms with Gasteiger partial charge in [-0.25, -0.2) is 0 Å². The predicted octanol–water partition coefficient (Wildman–Crippen LogP) is 2.85. The Bertz CT molecular complexity index is 667. The summed E-state index contributed by atoms with van der Waals surface area (Å²) < 4.78 is 16.3. The van der Waals surface area contributed by atoms with Crippen LogP contribution in [0.5, 0.6) is 0 Å². The highest BCUT2D eigenvalue weighted by Crippen LogP contribution is 2.24. The highest BCUT2D eigenvalue weighted by atomic mass is 16.5. The van der Waals surface area contributed by atoms with E-state index in [4.69, 9.17) is 13.9 Å². The second kappa shape index (κ2) is 10.7.